The lowest BCUT2D eigenvalue weighted by atomic mass is 10.4. The summed E-state index contributed by atoms with van der Waals surface area (Å²) in [6.45, 7) is 1.33. The van der Waals surface area contributed by atoms with Gasteiger partial charge in [-0.2, -0.15) is 0 Å². The number of hydrogen-bond acceptors (Lipinski definition) is 11. The summed E-state index contributed by atoms with van der Waals surface area (Å²) in [7, 11) is 1.91. The summed E-state index contributed by atoms with van der Waals surface area (Å²) in [6.07, 6.45) is -1.39. The fourth-order valence-corrected chi connectivity index (χ4v) is 0.873. The van der Waals surface area contributed by atoms with Crippen LogP contribution >= 0.6 is 0 Å². The number of esters is 4. The second-order valence-electron chi connectivity index (χ2n) is 3.82. The predicted molar refractivity (Wildman–Crippen MR) is 62.7 cm³/mol. The molecule has 11 nitrogen and oxygen atoms in total. The molecule has 0 atom stereocenters. The smallest absolute Gasteiger partial charge is 0.461 e. The standard InChI is InChI=1S/C11H14O11/c1-11(2,21-9(15)7(13)18-4)22-10(16)20-5-19-8(14)6(12)17-3/h5H2,1-4H3. The van der Waals surface area contributed by atoms with Crippen molar-refractivity contribution in [3.63, 3.8) is 0 Å². The zero-order valence-electron chi connectivity index (χ0n) is 12.2. The van der Waals surface area contributed by atoms with Crippen molar-refractivity contribution in [1.29, 1.82) is 0 Å². The highest BCUT2D eigenvalue weighted by atomic mass is 16.8. The average Bonchev–Trinajstić information content (AvgIpc) is 2.43. The highest BCUT2D eigenvalue weighted by Crippen LogP contribution is 2.13. The molecule has 0 saturated carbocycles. The molecule has 0 fully saturated rings. The van der Waals surface area contributed by atoms with Gasteiger partial charge in [0.2, 0.25) is 6.79 Å². The Morgan fingerprint density at radius 1 is 0.727 bits per heavy atom. The first-order chi connectivity index (χ1) is 10.1. The van der Waals surface area contributed by atoms with Crippen molar-refractivity contribution in [2.75, 3.05) is 21.0 Å². The predicted octanol–water partition coefficient (Wildman–Crippen LogP) is -0.734. The molecule has 0 rings (SSSR count). The van der Waals surface area contributed by atoms with Gasteiger partial charge in [-0.15, -0.1) is 0 Å². The van der Waals surface area contributed by atoms with Crippen LogP contribution in [-0.4, -0.2) is 56.8 Å². The minimum atomic E-state index is -1.85. The topological polar surface area (TPSA) is 141 Å². The monoisotopic (exact) mass is 322 g/mol. The zero-order valence-corrected chi connectivity index (χ0v) is 12.2. The van der Waals surface area contributed by atoms with Crippen LogP contribution in [0.25, 0.3) is 0 Å². The molecule has 0 N–H and O–H groups in total. The van der Waals surface area contributed by atoms with Crippen molar-refractivity contribution in [2.24, 2.45) is 0 Å². The van der Waals surface area contributed by atoms with Gasteiger partial charge in [0.1, 0.15) is 0 Å². The molecule has 0 aliphatic carbocycles. The molecule has 22 heavy (non-hydrogen) atoms. The quantitative estimate of drug-likeness (QED) is 0.280. The van der Waals surface area contributed by atoms with Gasteiger partial charge in [0.25, 0.3) is 5.79 Å². The summed E-state index contributed by atoms with van der Waals surface area (Å²) in [4.78, 5) is 54.7. The third-order valence-corrected chi connectivity index (χ3v) is 1.74. The molecule has 124 valence electrons. The van der Waals surface area contributed by atoms with Crippen molar-refractivity contribution in [1.82, 2.24) is 0 Å². The second-order valence-corrected chi connectivity index (χ2v) is 3.82. The molecule has 0 spiro atoms. The van der Waals surface area contributed by atoms with E-state index in [9.17, 15) is 24.0 Å². The lowest BCUT2D eigenvalue weighted by molar-refractivity contribution is -0.209. The molecule has 0 radical (unpaired) electrons. The summed E-state index contributed by atoms with van der Waals surface area (Å²) >= 11 is 0. The van der Waals surface area contributed by atoms with E-state index in [1.54, 1.807) is 0 Å². The van der Waals surface area contributed by atoms with Gasteiger partial charge < -0.3 is 28.4 Å². The first-order valence-electron chi connectivity index (χ1n) is 5.55. The zero-order chi connectivity index (χ0) is 17.3. The summed E-state index contributed by atoms with van der Waals surface area (Å²) in [5, 5.41) is 0. The largest absolute Gasteiger partial charge is 0.514 e. The van der Waals surface area contributed by atoms with E-state index >= 15 is 0 Å². The number of methoxy groups -OCH3 is 2. The van der Waals surface area contributed by atoms with Crippen LogP contribution in [-0.2, 0) is 47.6 Å². The van der Waals surface area contributed by atoms with Crippen molar-refractivity contribution < 1.29 is 52.4 Å². The Hall–Kier alpha value is -2.85. The average molecular weight is 322 g/mol. The van der Waals surface area contributed by atoms with E-state index in [0.717, 1.165) is 28.1 Å². The van der Waals surface area contributed by atoms with Gasteiger partial charge in [-0.05, 0) is 0 Å². The number of rotatable bonds is 4. The molecule has 0 aromatic carbocycles. The molecule has 0 unspecified atom stereocenters. The van der Waals surface area contributed by atoms with Crippen LogP contribution < -0.4 is 0 Å². The van der Waals surface area contributed by atoms with Crippen molar-refractivity contribution >= 4 is 30.0 Å². The van der Waals surface area contributed by atoms with E-state index in [0.29, 0.717) is 0 Å². The maximum atomic E-state index is 11.2. The van der Waals surface area contributed by atoms with Crippen LogP contribution in [0, 0.1) is 0 Å². The van der Waals surface area contributed by atoms with Crippen molar-refractivity contribution in [2.45, 2.75) is 19.6 Å². The fraction of sp³-hybridized carbons (Fsp3) is 0.545. The van der Waals surface area contributed by atoms with Crippen LogP contribution in [0.2, 0.25) is 0 Å². The molecule has 11 heteroatoms. The summed E-state index contributed by atoms with van der Waals surface area (Å²) in [5.41, 5.74) is 0. The van der Waals surface area contributed by atoms with Crippen LogP contribution in [0.1, 0.15) is 13.8 Å². The van der Waals surface area contributed by atoms with E-state index in [1.807, 2.05) is 0 Å². The molecular formula is C11H14O11. The van der Waals surface area contributed by atoms with Gasteiger partial charge in [0, 0.05) is 13.8 Å². The third-order valence-electron chi connectivity index (χ3n) is 1.74. The Balaban J connectivity index is 4.24. The minimum Gasteiger partial charge on any atom is -0.461 e. The van der Waals surface area contributed by atoms with Gasteiger partial charge in [0.05, 0.1) is 14.2 Å². The number of ether oxygens (including phenoxy) is 6. The Morgan fingerprint density at radius 3 is 1.73 bits per heavy atom. The summed E-state index contributed by atoms with van der Waals surface area (Å²) in [5.74, 6) is -7.21. The van der Waals surface area contributed by atoms with Crippen LogP contribution in [0.4, 0.5) is 4.79 Å². The first kappa shape index (κ1) is 19.1. The molecule has 0 aliphatic heterocycles. The molecule has 0 aliphatic rings. The highest BCUT2D eigenvalue weighted by molar-refractivity contribution is 6.30. The number of carbonyl (C=O) groups excluding carboxylic acids is 5. The molecule has 0 aromatic heterocycles. The summed E-state index contributed by atoms with van der Waals surface area (Å²) in [6, 6.07) is 0. The molecule has 0 bridgehead atoms. The first-order valence-corrected chi connectivity index (χ1v) is 5.55. The SMILES string of the molecule is COC(=O)C(=O)OCOC(=O)OC(C)(C)OC(=O)C(=O)OC. The Morgan fingerprint density at radius 2 is 1.23 bits per heavy atom. The van der Waals surface area contributed by atoms with Crippen LogP contribution in [0.15, 0.2) is 0 Å². The molecule has 0 aromatic rings. The highest BCUT2D eigenvalue weighted by Gasteiger charge is 2.32. The second kappa shape index (κ2) is 8.44. The van der Waals surface area contributed by atoms with Crippen LogP contribution in [0.3, 0.4) is 0 Å². The molecule has 0 heterocycles. The number of carbonyl (C=O) groups is 5. The van der Waals surface area contributed by atoms with Gasteiger partial charge in [-0.1, -0.05) is 0 Å². The third kappa shape index (κ3) is 7.07. The van der Waals surface area contributed by atoms with E-state index in [1.165, 1.54) is 0 Å². The van der Waals surface area contributed by atoms with E-state index < -0.39 is 42.6 Å². The minimum absolute atomic E-state index is 0.937. The van der Waals surface area contributed by atoms with E-state index in [2.05, 4.69) is 28.4 Å². The lowest BCUT2D eigenvalue weighted by Gasteiger charge is -2.23. The van der Waals surface area contributed by atoms with Gasteiger partial charge >= 0.3 is 30.0 Å². The van der Waals surface area contributed by atoms with Crippen molar-refractivity contribution in [3.8, 4) is 0 Å². The fourth-order valence-electron chi connectivity index (χ4n) is 0.873. The van der Waals surface area contributed by atoms with Gasteiger partial charge in [-0.25, -0.2) is 24.0 Å². The maximum absolute atomic E-state index is 11.2. The lowest BCUT2D eigenvalue weighted by Crippen LogP contribution is -2.37. The maximum Gasteiger partial charge on any atom is 0.514 e. The van der Waals surface area contributed by atoms with Gasteiger partial charge in [0.15, 0.2) is 0 Å². The van der Waals surface area contributed by atoms with Crippen LogP contribution in [0.5, 0.6) is 0 Å². The number of hydrogen-bond donors (Lipinski definition) is 0. The summed E-state index contributed by atoms with van der Waals surface area (Å²) < 4.78 is 25.7. The van der Waals surface area contributed by atoms with E-state index in [-0.39, 0.29) is 0 Å². The Bertz CT molecular complexity index is 465. The Kier molecular flexibility index (Phi) is 7.35. The molecule has 0 amide bonds. The molecular weight excluding hydrogens is 308 g/mol. The van der Waals surface area contributed by atoms with Crippen molar-refractivity contribution in [3.05, 3.63) is 0 Å². The van der Waals surface area contributed by atoms with E-state index in [4.69, 9.17) is 0 Å². The molecule has 0 saturated heterocycles. The normalized spacial score (nSPS) is 10.0. The van der Waals surface area contributed by atoms with Gasteiger partial charge in [-0.3, -0.25) is 0 Å². The Labute approximate surface area is 124 Å².